The summed E-state index contributed by atoms with van der Waals surface area (Å²) in [7, 11) is 0. The molecular formula is C42H20Cl8N2O4. The van der Waals surface area contributed by atoms with Crippen molar-refractivity contribution in [1.82, 2.24) is 0 Å². The summed E-state index contributed by atoms with van der Waals surface area (Å²) < 4.78 is 11.4. The Morgan fingerprint density at radius 1 is 0.339 bits per heavy atom. The highest BCUT2D eigenvalue weighted by Crippen LogP contribution is 2.57. The average molecular weight is 900 g/mol. The predicted molar refractivity (Wildman–Crippen MR) is 228 cm³/mol. The van der Waals surface area contributed by atoms with Gasteiger partial charge in [0.25, 0.3) is 0 Å². The van der Waals surface area contributed by atoms with E-state index in [1.165, 1.54) is 0 Å². The van der Waals surface area contributed by atoms with Gasteiger partial charge in [-0.15, -0.1) is 0 Å². The maximum absolute atomic E-state index is 13.8. The normalized spacial score (nSPS) is 13.6. The molecule has 278 valence electrons. The van der Waals surface area contributed by atoms with E-state index in [0.29, 0.717) is 22.7 Å². The molecule has 0 spiro atoms. The molecule has 0 fully saturated rings. The van der Waals surface area contributed by atoms with Crippen LogP contribution in [0.3, 0.4) is 0 Å². The van der Waals surface area contributed by atoms with Gasteiger partial charge in [0, 0.05) is 22.7 Å². The van der Waals surface area contributed by atoms with E-state index < -0.39 is 11.9 Å². The first-order valence-electron chi connectivity index (χ1n) is 16.5. The molecule has 2 aliphatic rings. The van der Waals surface area contributed by atoms with Crippen LogP contribution < -0.4 is 9.80 Å². The number of ether oxygens (including phenoxy) is 2. The first kappa shape index (κ1) is 38.5. The van der Waals surface area contributed by atoms with E-state index in [2.05, 4.69) is 0 Å². The van der Waals surface area contributed by atoms with Crippen molar-refractivity contribution in [3.05, 3.63) is 184 Å². The van der Waals surface area contributed by atoms with Crippen molar-refractivity contribution in [1.29, 1.82) is 0 Å². The smallest absolute Gasteiger partial charge is 0.348 e. The van der Waals surface area contributed by atoms with Gasteiger partial charge in [0.15, 0.2) is 11.5 Å². The van der Waals surface area contributed by atoms with Crippen LogP contribution in [0, 0.1) is 0 Å². The van der Waals surface area contributed by atoms with Gasteiger partial charge in [0.2, 0.25) is 0 Å². The second-order valence-corrected chi connectivity index (χ2v) is 15.2. The highest BCUT2D eigenvalue weighted by molar-refractivity contribution is 6.54. The second kappa shape index (κ2) is 15.5. The number of cyclic esters (lactones) is 2. The third-order valence-electron chi connectivity index (χ3n) is 8.94. The molecule has 0 saturated carbocycles. The molecule has 0 N–H and O–H groups in total. The molecule has 0 saturated heterocycles. The maximum Gasteiger partial charge on any atom is 0.348 e. The summed E-state index contributed by atoms with van der Waals surface area (Å²) in [5.74, 6) is -2.65. The van der Waals surface area contributed by atoms with Crippen molar-refractivity contribution >= 4 is 150 Å². The Balaban J connectivity index is 1.30. The van der Waals surface area contributed by atoms with E-state index in [1.54, 1.807) is 9.80 Å². The second-order valence-electron chi connectivity index (χ2n) is 12.2. The number of halogens is 8. The first-order chi connectivity index (χ1) is 27.0. The number of fused-ring (bicyclic) bond motifs is 1. The van der Waals surface area contributed by atoms with E-state index in [1.807, 2.05) is 121 Å². The van der Waals surface area contributed by atoms with Gasteiger partial charge in [0.1, 0.15) is 11.1 Å². The summed E-state index contributed by atoms with van der Waals surface area (Å²) in [4.78, 5) is 31.1. The lowest BCUT2D eigenvalue weighted by Crippen LogP contribution is -2.12. The molecule has 6 nitrogen and oxygen atoms in total. The Kier molecular flexibility index (Phi) is 10.7. The van der Waals surface area contributed by atoms with Crippen molar-refractivity contribution < 1.29 is 19.1 Å². The zero-order valence-corrected chi connectivity index (χ0v) is 34.1. The molecule has 6 aromatic carbocycles. The van der Waals surface area contributed by atoms with Crippen LogP contribution in [0.15, 0.2) is 132 Å². The number of hydrogen-bond acceptors (Lipinski definition) is 6. The molecule has 8 rings (SSSR count). The largest absolute Gasteiger partial charge is 0.421 e. The minimum Gasteiger partial charge on any atom is -0.421 e. The standard InChI is InChI=1S/C42H20Cl8N2O4/c43-29-27(30(44)34(48)37(33(29)47)51(21-13-5-1-6-14-21)22-15-7-2-8-16-22)39-25-26(42(54)55-39)40(56-41(25)53)28-31(45)35(49)38(36(50)32(28)46)52(23-17-9-3-10-18-23)24-19-11-4-12-20-24/h1-20H. The van der Waals surface area contributed by atoms with Gasteiger partial charge in [-0.05, 0) is 48.5 Å². The number of benzene rings is 6. The van der Waals surface area contributed by atoms with Gasteiger partial charge in [0.05, 0.1) is 62.7 Å². The molecule has 6 aromatic rings. The SMILES string of the molecule is O=C1OC(c2c(Cl)c(Cl)c(N(c3ccccc3)c3ccccc3)c(Cl)c2Cl)=C2C(=O)OC(c3c(Cl)c(Cl)c(N(c4ccccc4)c4ccccc4)c(Cl)c3Cl)=C12. The first-order valence-corrected chi connectivity index (χ1v) is 19.5. The summed E-state index contributed by atoms with van der Waals surface area (Å²) >= 11 is 56.0. The highest BCUT2D eigenvalue weighted by Gasteiger charge is 2.48. The van der Waals surface area contributed by atoms with Gasteiger partial charge < -0.3 is 19.3 Å². The van der Waals surface area contributed by atoms with Crippen LogP contribution in [0.2, 0.25) is 40.2 Å². The average Bonchev–Trinajstić information content (AvgIpc) is 3.74. The summed E-state index contributed by atoms with van der Waals surface area (Å²) in [6.07, 6.45) is 0. The lowest BCUT2D eigenvalue weighted by Gasteiger charge is -2.29. The van der Waals surface area contributed by atoms with E-state index in [9.17, 15) is 9.59 Å². The molecule has 2 aliphatic heterocycles. The molecule has 2 heterocycles. The number of esters is 2. The molecule has 0 unspecified atom stereocenters. The Labute approximate surface area is 360 Å². The summed E-state index contributed by atoms with van der Waals surface area (Å²) in [6.45, 7) is 0. The van der Waals surface area contributed by atoms with E-state index in [-0.39, 0.29) is 85.3 Å². The molecule has 0 atom stereocenters. The summed E-state index contributed by atoms with van der Waals surface area (Å²) in [5.41, 5.74) is 2.41. The summed E-state index contributed by atoms with van der Waals surface area (Å²) in [6, 6.07) is 37.1. The molecule has 0 aliphatic carbocycles. The number of anilines is 6. The number of nitrogens with zero attached hydrogens (tertiary/aromatic N) is 2. The van der Waals surface area contributed by atoms with Crippen LogP contribution in [0.25, 0.3) is 11.5 Å². The van der Waals surface area contributed by atoms with Crippen molar-refractivity contribution in [2.75, 3.05) is 9.80 Å². The predicted octanol–water partition coefficient (Wildman–Crippen LogP) is 15.1. The molecule has 14 heteroatoms. The fraction of sp³-hybridized carbons (Fsp3) is 0. The molecule has 56 heavy (non-hydrogen) atoms. The van der Waals surface area contributed by atoms with Crippen molar-refractivity contribution in [2.45, 2.75) is 0 Å². The number of hydrogen-bond donors (Lipinski definition) is 0. The topological polar surface area (TPSA) is 59.1 Å². The van der Waals surface area contributed by atoms with Gasteiger partial charge in [-0.25, -0.2) is 9.59 Å². The zero-order valence-electron chi connectivity index (χ0n) is 28.1. The van der Waals surface area contributed by atoms with Crippen molar-refractivity contribution in [3.63, 3.8) is 0 Å². The Bertz CT molecular complexity index is 2340. The van der Waals surface area contributed by atoms with E-state index in [0.717, 1.165) is 0 Å². The molecule has 0 aromatic heterocycles. The van der Waals surface area contributed by atoms with Gasteiger partial charge in [-0.3, -0.25) is 0 Å². The van der Waals surface area contributed by atoms with E-state index in [4.69, 9.17) is 102 Å². The van der Waals surface area contributed by atoms with Gasteiger partial charge >= 0.3 is 11.9 Å². The van der Waals surface area contributed by atoms with Crippen molar-refractivity contribution in [3.8, 4) is 0 Å². The minimum atomic E-state index is -0.992. The minimum absolute atomic E-state index is 0.0430. The number of para-hydroxylation sites is 4. The lowest BCUT2D eigenvalue weighted by molar-refractivity contribution is -0.131. The van der Waals surface area contributed by atoms with E-state index >= 15 is 0 Å². The van der Waals surface area contributed by atoms with Gasteiger partial charge in [-0.1, -0.05) is 166 Å². The third-order valence-corrected chi connectivity index (χ3v) is 12.3. The lowest BCUT2D eigenvalue weighted by atomic mass is 10.0. The van der Waals surface area contributed by atoms with Crippen LogP contribution in [-0.2, 0) is 19.1 Å². The zero-order chi connectivity index (χ0) is 39.4. The number of carbonyl (C=O) groups excluding carboxylic acids is 2. The van der Waals surface area contributed by atoms with Crippen LogP contribution in [0.5, 0.6) is 0 Å². The number of carbonyl (C=O) groups is 2. The third kappa shape index (κ3) is 6.39. The fourth-order valence-corrected chi connectivity index (χ4v) is 8.88. The Morgan fingerprint density at radius 3 is 0.804 bits per heavy atom. The molecular weight excluding hydrogens is 880 g/mol. The Hall–Kier alpha value is -4.34. The fourth-order valence-electron chi connectivity index (χ4n) is 6.51. The van der Waals surface area contributed by atoms with Crippen LogP contribution in [0.4, 0.5) is 34.1 Å². The Morgan fingerprint density at radius 2 is 0.571 bits per heavy atom. The monoisotopic (exact) mass is 896 g/mol. The van der Waals surface area contributed by atoms with Gasteiger partial charge in [-0.2, -0.15) is 0 Å². The van der Waals surface area contributed by atoms with Crippen LogP contribution in [-0.4, -0.2) is 11.9 Å². The number of rotatable bonds is 8. The summed E-state index contributed by atoms with van der Waals surface area (Å²) in [5, 5.41) is -0.786. The maximum atomic E-state index is 13.8. The van der Waals surface area contributed by atoms with Crippen LogP contribution in [0.1, 0.15) is 11.1 Å². The molecule has 0 bridgehead atoms. The quantitative estimate of drug-likeness (QED) is 0.112. The molecule has 0 radical (unpaired) electrons. The highest BCUT2D eigenvalue weighted by atomic mass is 35.5. The van der Waals surface area contributed by atoms with Crippen molar-refractivity contribution in [2.24, 2.45) is 0 Å². The molecule has 0 amide bonds. The van der Waals surface area contributed by atoms with Crippen LogP contribution >= 0.6 is 92.8 Å².